The van der Waals surface area contributed by atoms with Gasteiger partial charge in [-0.25, -0.2) is 4.57 Å². The van der Waals surface area contributed by atoms with Crippen LogP contribution < -0.4 is 4.52 Å². The molecule has 1 rings (SSSR count). The summed E-state index contributed by atoms with van der Waals surface area (Å²) >= 11 is 0. The minimum atomic E-state index is -4.10. The highest BCUT2D eigenvalue weighted by Gasteiger charge is 2.26. The average Bonchev–Trinajstić information content (AvgIpc) is 2.25. The molecule has 0 aliphatic rings. The maximum atomic E-state index is 12.1. The van der Waals surface area contributed by atoms with E-state index >= 15 is 0 Å². The lowest BCUT2D eigenvalue weighted by atomic mass is 10.0. The fourth-order valence-corrected chi connectivity index (χ4v) is 2.55. The standard InChI is InChI=1S/C15H26NO4P/c1-12(2)14-8-7-13(3)11-15(14)20-21(17,18)19-10-9-16(4,5)6/h7-8,11-12H,9-10H2,1-6H3/p+1. The van der Waals surface area contributed by atoms with Crippen molar-refractivity contribution in [2.24, 2.45) is 0 Å². The summed E-state index contributed by atoms with van der Waals surface area (Å²) in [7, 11) is 1.87. The molecule has 1 N–H and O–H groups in total. The molecule has 1 aromatic carbocycles. The normalized spacial score (nSPS) is 15.0. The molecule has 0 aromatic heterocycles. The van der Waals surface area contributed by atoms with E-state index in [0.29, 0.717) is 16.8 Å². The largest absolute Gasteiger partial charge is 0.527 e. The Hall–Kier alpha value is -0.870. The van der Waals surface area contributed by atoms with Gasteiger partial charge in [0.25, 0.3) is 0 Å². The number of aryl methyl sites for hydroxylation is 1. The van der Waals surface area contributed by atoms with Gasteiger partial charge in [0.05, 0.1) is 21.1 Å². The molecule has 0 aliphatic carbocycles. The van der Waals surface area contributed by atoms with Crippen molar-refractivity contribution < 1.29 is 23.0 Å². The number of hydrogen-bond donors (Lipinski definition) is 1. The van der Waals surface area contributed by atoms with Crippen molar-refractivity contribution in [3.8, 4) is 5.75 Å². The van der Waals surface area contributed by atoms with Crippen LogP contribution in [0.5, 0.6) is 5.75 Å². The highest BCUT2D eigenvalue weighted by atomic mass is 31.2. The number of hydrogen-bond acceptors (Lipinski definition) is 3. The first-order chi connectivity index (χ1) is 9.50. The van der Waals surface area contributed by atoms with E-state index in [1.807, 2.05) is 54.0 Å². The van der Waals surface area contributed by atoms with Crippen LogP contribution in [-0.4, -0.2) is 43.7 Å². The van der Waals surface area contributed by atoms with Gasteiger partial charge in [0.15, 0.2) is 0 Å². The predicted molar refractivity (Wildman–Crippen MR) is 84.6 cm³/mol. The first-order valence-electron chi connectivity index (χ1n) is 7.08. The third-order valence-electron chi connectivity index (χ3n) is 3.02. The van der Waals surface area contributed by atoms with Gasteiger partial charge in [-0.3, -0.25) is 9.42 Å². The van der Waals surface area contributed by atoms with Gasteiger partial charge in [-0.2, -0.15) is 0 Å². The van der Waals surface area contributed by atoms with Crippen molar-refractivity contribution in [1.82, 2.24) is 0 Å². The van der Waals surface area contributed by atoms with Crippen LogP contribution >= 0.6 is 7.82 Å². The van der Waals surface area contributed by atoms with Crippen LogP contribution in [0, 0.1) is 6.92 Å². The van der Waals surface area contributed by atoms with Gasteiger partial charge in [-0.05, 0) is 30.0 Å². The van der Waals surface area contributed by atoms with Crippen molar-refractivity contribution in [2.45, 2.75) is 26.7 Å². The molecule has 0 fully saturated rings. The summed E-state index contributed by atoms with van der Waals surface area (Å²) in [5.74, 6) is 0.618. The second-order valence-electron chi connectivity index (χ2n) is 6.60. The summed E-state index contributed by atoms with van der Waals surface area (Å²) in [6.45, 7) is 6.73. The van der Waals surface area contributed by atoms with Crippen LogP contribution in [0.4, 0.5) is 0 Å². The van der Waals surface area contributed by atoms with Crippen molar-refractivity contribution >= 4 is 7.82 Å². The maximum Gasteiger partial charge on any atom is 0.527 e. The van der Waals surface area contributed by atoms with E-state index in [9.17, 15) is 9.46 Å². The fraction of sp³-hybridized carbons (Fsp3) is 0.600. The molecule has 120 valence electrons. The van der Waals surface area contributed by atoms with Gasteiger partial charge in [-0.1, -0.05) is 26.0 Å². The number of nitrogens with zero attached hydrogens (tertiary/aromatic N) is 1. The molecule has 0 aliphatic heterocycles. The minimum absolute atomic E-state index is 0.167. The Bertz CT molecular complexity index is 523. The molecule has 0 spiro atoms. The van der Waals surface area contributed by atoms with Crippen molar-refractivity contribution in [2.75, 3.05) is 34.3 Å². The molecule has 0 saturated carbocycles. The van der Waals surface area contributed by atoms with E-state index < -0.39 is 7.82 Å². The number of rotatable bonds is 7. The highest BCUT2D eigenvalue weighted by molar-refractivity contribution is 7.47. The Morgan fingerprint density at radius 1 is 1.29 bits per heavy atom. The molecule has 0 bridgehead atoms. The smallest absolute Gasteiger partial charge is 0.404 e. The second-order valence-corrected chi connectivity index (χ2v) is 7.98. The molecule has 5 nitrogen and oxygen atoms in total. The predicted octanol–water partition coefficient (Wildman–Crippen LogP) is 3.32. The average molecular weight is 316 g/mol. The molecule has 0 amide bonds. The number of benzene rings is 1. The summed E-state index contributed by atoms with van der Waals surface area (Å²) in [4.78, 5) is 9.87. The zero-order valence-electron chi connectivity index (χ0n) is 13.8. The first kappa shape index (κ1) is 18.2. The van der Waals surface area contributed by atoms with Crippen LogP contribution in [-0.2, 0) is 9.09 Å². The molecule has 21 heavy (non-hydrogen) atoms. The van der Waals surface area contributed by atoms with Crippen LogP contribution in [0.3, 0.4) is 0 Å². The lowest BCUT2D eigenvalue weighted by Crippen LogP contribution is -2.37. The quantitative estimate of drug-likeness (QED) is 0.619. The molecule has 1 unspecified atom stereocenters. The molecule has 0 radical (unpaired) electrons. The number of phosphoric ester groups is 1. The lowest BCUT2D eigenvalue weighted by Gasteiger charge is -2.24. The Balaban J connectivity index is 2.79. The van der Waals surface area contributed by atoms with Gasteiger partial charge in [-0.15, -0.1) is 0 Å². The molecule has 1 aromatic rings. The molecule has 6 heteroatoms. The summed E-state index contributed by atoms with van der Waals surface area (Å²) in [6, 6.07) is 5.64. The molecular formula is C15H27NO4P+. The summed E-state index contributed by atoms with van der Waals surface area (Å²) in [6.07, 6.45) is 0. The Morgan fingerprint density at radius 3 is 2.43 bits per heavy atom. The lowest BCUT2D eigenvalue weighted by molar-refractivity contribution is -0.870. The molecule has 1 atom stereocenters. The van der Waals surface area contributed by atoms with Crippen LogP contribution in [0.2, 0.25) is 0 Å². The van der Waals surface area contributed by atoms with E-state index in [-0.39, 0.29) is 12.5 Å². The molecular weight excluding hydrogens is 289 g/mol. The van der Waals surface area contributed by atoms with Gasteiger partial charge < -0.3 is 9.01 Å². The van der Waals surface area contributed by atoms with Crippen molar-refractivity contribution in [1.29, 1.82) is 0 Å². The SMILES string of the molecule is Cc1ccc(C(C)C)c(OP(=O)(O)OCC[N+](C)(C)C)c1. The van der Waals surface area contributed by atoms with Crippen LogP contribution in [0.15, 0.2) is 18.2 Å². The zero-order chi connectivity index (χ0) is 16.3. The second kappa shape index (κ2) is 6.93. The van der Waals surface area contributed by atoms with Crippen molar-refractivity contribution in [3.63, 3.8) is 0 Å². The van der Waals surface area contributed by atoms with E-state index in [2.05, 4.69) is 0 Å². The van der Waals surface area contributed by atoms with Crippen LogP contribution in [0.25, 0.3) is 0 Å². The van der Waals surface area contributed by atoms with Gasteiger partial charge in [0.1, 0.15) is 18.9 Å². The molecule has 0 saturated heterocycles. The van der Waals surface area contributed by atoms with Gasteiger partial charge in [0, 0.05) is 0 Å². The maximum absolute atomic E-state index is 12.1. The Kier molecular flexibility index (Phi) is 6.00. The van der Waals surface area contributed by atoms with E-state index in [1.165, 1.54) is 0 Å². The Morgan fingerprint density at radius 2 is 1.90 bits per heavy atom. The summed E-state index contributed by atoms with van der Waals surface area (Å²) in [5, 5.41) is 0. The fourth-order valence-electron chi connectivity index (χ4n) is 1.78. The van der Waals surface area contributed by atoms with Gasteiger partial charge in [0.2, 0.25) is 0 Å². The monoisotopic (exact) mass is 316 g/mol. The van der Waals surface area contributed by atoms with E-state index in [4.69, 9.17) is 9.05 Å². The topological polar surface area (TPSA) is 55.8 Å². The zero-order valence-corrected chi connectivity index (χ0v) is 14.7. The highest BCUT2D eigenvalue weighted by Crippen LogP contribution is 2.46. The third kappa shape index (κ3) is 6.62. The van der Waals surface area contributed by atoms with Crippen LogP contribution in [0.1, 0.15) is 30.9 Å². The summed E-state index contributed by atoms with van der Waals surface area (Å²) < 4.78 is 23.0. The number of phosphoric acid groups is 1. The summed E-state index contributed by atoms with van der Waals surface area (Å²) in [5.41, 5.74) is 1.87. The first-order valence-corrected chi connectivity index (χ1v) is 8.58. The Labute approximate surface area is 127 Å². The van der Waals surface area contributed by atoms with Gasteiger partial charge >= 0.3 is 7.82 Å². The van der Waals surface area contributed by atoms with E-state index in [0.717, 1.165) is 11.1 Å². The number of likely N-dealkylation sites (N-methyl/N-ethyl adjacent to an activating group) is 1. The van der Waals surface area contributed by atoms with E-state index in [1.54, 1.807) is 6.07 Å². The minimum Gasteiger partial charge on any atom is -0.404 e. The van der Waals surface area contributed by atoms with Crippen molar-refractivity contribution in [3.05, 3.63) is 29.3 Å². The number of quaternary nitrogens is 1. The third-order valence-corrected chi connectivity index (χ3v) is 3.96. The molecule has 0 heterocycles.